The Morgan fingerprint density at radius 1 is 1.06 bits per heavy atom. The van der Waals surface area contributed by atoms with Gasteiger partial charge in [-0.05, 0) is 55.0 Å². The number of anilines is 2. The average molecular weight is 486 g/mol. The van der Waals surface area contributed by atoms with Crippen LogP contribution < -0.4 is 14.9 Å². The summed E-state index contributed by atoms with van der Waals surface area (Å²) in [4.78, 5) is 14.6. The van der Waals surface area contributed by atoms with Gasteiger partial charge in [-0.2, -0.15) is 17.9 Å². The Kier molecular flexibility index (Phi) is 7.98. The molecule has 1 amide bonds. The Balaban J connectivity index is 1.68. The van der Waals surface area contributed by atoms with Gasteiger partial charge in [-0.25, -0.2) is 8.42 Å². The Hall–Kier alpha value is -2.63. The lowest BCUT2D eigenvalue weighted by molar-refractivity contribution is -0.137. The summed E-state index contributed by atoms with van der Waals surface area (Å²) in [7, 11) is -4.20. The number of rotatable bonds is 8. The van der Waals surface area contributed by atoms with E-state index in [1.165, 1.54) is 0 Å². The Morgan fingerprint density at radius 3 is 2.21 bits per heavy atom. The monoisotopic (exact) mass is 485 g/mol. The zero-order valence-corrected chi connectivity index (χ0v) is 18.9. The van der Waals surface area contributed by atoms with Crippen molar-refractivity contribution in [2.75, 3.05) is 36.5 Å². The number of nitrogens with one attached hydrogen (secondary N) is 2. The summed E-state index contributed by atoms with van der Waals surface area (Å²) in [5.41, 5.74) is 0.543. The molecule has 7 nitrogen and oxygen atoms in total. The molecule has 1 atom stereocenters. The van der Waals surface area contributed by atoms with E-state index in [0.29, 0.717) is 37.5 Å². The lowest BCUT2D eigenvalue weighted by Gasteiger charge is -2.29. The summed E-state index contributed by atoms with van der Waals surface area (Å²) in [5.74, 6) is -0.550. The first-order valence-corrected chi connectivity index (χ1v) is 12.0. The van der Waals surface area contributed by atoms with Gasteiger partial charge < -0.3 is 15.0 Å². The number of carbonyl (C=O) groups excluding carboxylic acids is 1. The molecule has 2 aromatic carbocycles. The van der Waals surface area contributed by atoms with Crippen LogP contribution in [0.4, 0.5) is 24.5 Å². The van der Waals surface area contributed by atoms with Gasteiger partial charge in [-0.3, -0.25) is 4.79 Å². The van der Waals surface area contributed by atoms with Crippen molar-refractivity contribution in [3.05, 3.63) is 54.1 Å². The molecule has 3 rings (SSSR count). The zero-order chi connectivity index (χ0) is 24.1. The maximum Gasteiger partial charge on any atom is 0.416 e. The van der Waals surface area contributed by atoms with Gasteiger partial charge in [-0.15, -0.1) is 0 Å². The number of hydrogen-bond acceptors (Lipinski definition) is 5. The van der Waals surface area contributed by atoms with E-state index < -0.39 is 33.7 Å². The molecular formula is C22H26F3N3O4S. The first kappa shape index (κ1) is 25.0. The van der Waals surface area contributed by atoms with E-state index in [4.69, 9.17) is 4.74 Å². The topological polar surface area (TPSA) is 87.7 Å². The molecule has 1 aliphatic rings. The molecule has 2 N–H and O–H groups in total. The van der Waals surface area contributed by atoms with Crippen LogP contribution in [0.3, 0.4) is 0 Å². The van der Waals surface area contributed by atoms with Crippen LogP contribution in [-0.2, 0) is 25.7 Å². The summed E-state index contributed by atoms with van der Waals surface area (Å²) in [6, 6.07) is 9.24. The molecule has 1 aliphatic heterocycles. The SMILES string of the molecule is CCCC(NS(=O)(=O)c1ccc(C(F)(F)F)cc1)C(=O)Nc1ccc(N2CCOCC2)cc1. The summed E-state index contributed by atoms with van der Waals surface area (Å²) >= 11 is 0. The van der Waals surface area contributed by atoms with Crippen molar-refractivity contribution in [3.8, 4) is 0 Å². The molecule has 0 spiro atoms. The van der Waals surface area contributed by atoms with E-state index in [-0.39, 0.29) is 11.3 Å². The fourth-order valence-electron chi connectivity index (χ4n) is 3.42. The van der Waals surface area contributed by atoms with Crippen LogP contribution in [-0.4, -0.2) is 46.7 Å². The second kappa shape index (κ2) is 10.5. The van der Waals surface area contributed by atoms with E-state index in [0.717, 1.165) is 30.9 Å². The summed E-state index contributed by atoms with van der Waals surface area (Å²) < 4.78 is 71.2. The number of carbonyl (C=O) groups is 1. The third kappa shape index (κ3) is 6.68. The molecule has 0 radical (unpaired) electrons. The van der Waals surface area contributed by atoms with E-state index in [2.05, 4.69) is 14.9 Å². The van der Waals surface area contributed by atoms with Crippen molar-refractivity contribution < 1.29 is 31.1 Å². The van der Waals surface area contributed by atoms with E-state index in [1.54, 1.807) is 19.1 Å². The number of nitrogens with zero attached hydrogens (tertiary/aromatic N) is 1. The van der Waals surface area contributed by atoms with Crippen molar-refractivity contribution in [2.24, 2.45) is 0 Å². The van der Waals surface area contributed by atoms with Crippen LogP contribution in [0.2, 0.25) is 0 Å². The van der Waals surface area contributed by atoms with Gasteiger partial charge in [0.2, 0.25) is 15.9 Å². The summed E-state index contributed by atoms with van der Waals surface area (Å²) in [6.07, 6.45) is -3.83. The Labute approximate surface area is 191 Å². The first-order valence-electron chi connectivity index (χ1n) is 10.5. The molecule has 0 bridgehead atoms. The van der Waals surface area contributed by atoms with Gasteiger partial charge in [0.15, 0.2) is 0 Å². The summed E-state index contributed by atoms with van der Waals surface area (Å²) in [6.45, 7) is 4.64. The molecule has 0 saturated carbocycles. The minimum Gasteiger partial charge on any atom is -0.378 e. The van der Waals surface area contributed by atoms with Gasteiger partial charge >= 0.3 is 6.18 Å². The predicted octanol–water partition coefficient (Wildman–Crippen LogP) is 3.63. The molecule has 1 fully saturated rings. The average Bonchev–Trinajstić information content (AvgIpc) is 2.79. The molecule has 2 aromatic rings. The molecule has 0 aromatic heterocycles. The third-order valence-corrected chi connectivity index (χ3v) is 6.68. The van der Waals surface area contributed by atoms with Crippen LogP contribution in [0.15, 0.2) is 53.4 Å². The van der Waals surface area contributed by atoms with Gasteiger partial charge in [-0.1, -0.05) is 13.3 Å². The predicted molar refractivity (Wildman–Crippen MR) is 119 cm³/mol. The maximum atomic E-state index is 12.8. The highest BCUT2D eigenvalue weighted by molar-refractivity contribution is 7.89. The Morgan fingerprint density at radius 2 is 1.67 bits per heavy atom. The van der Waals surface area contributed by atoms with Gasteiger partial charge in [0.25, 0.3) is 0 Å². The molecule has 1 saturated heterocycles. The molecule has 33 heavy (non-hydrogen) atoms. The number of morpholine rings is 1. The number of halogens is 3. The van der Waals surface area contributed by atoms with E-state index in [9.17, 15) is 26.4 Å². The highest BCUT2D eigenvalue weighted by Gasteiger charge is 2.31. The van der Waals surface area contributed by atoms with Crippen molar-refractivity contribution in [3.63, 3.8) is 0 Å². The molecule has 0 aliphatic carbocycles. The standard InChI is InChI=1S/C22H26F3N3O4S/c1-2-3-20(27-33(30,31)19-10-4-16(5-11-19)22(23,24)25)21(29)26-17-6-8-18(9-7-17)28-12-14-32-15-13-28/h4-11,20,27H,2-3,12-15H2,1H3,(H,26,29). The minimum absolute atomic E-state index is 0.220. The second-order valence-electron chi connectivity index (χ2n) is 7.62. The van der Waals surface area contributed by atoms with Crippen molar-refractivity contribution >= 4 is 27.3 Å². The quantitative estimate of drug-likeness (QED) is 0.596. The van der Waals surface area contributed by atoms with Crippen LogP contribution in [0.5, 0.6) is 0 Å². The highest BCUT2D eigenvalue weighted by Crippen LogP contribution is 2.29. The van der Waals surface area contributed by atoms with Crippen molar-refractivity contribution in [2.45, 2.75) is 36.9 Å². The van der Waals surface area contributed by atoms with Crippen LogP contribution >= 0.6 is 0 Å². The molecule has 1 heterocycles. The smallest absolute Gasteiger partial charge is 0.378 e. The Bertz CT molecular complexity index is 1040. The fraction of sp³-hybridized carbons (Fsp3) is 0.409. The lowest BCUT2D eigenvalue weighted by Crippen LogP contribution is -2.43. The van der Waals surface area contributed by atoms with Crippen LogP contribution in [0, 0.1) is 0 Å². The minimum atomic E-state index is -4.57. The van der Waals surface area contributed by atoms with Gasteiger partial charge in [0, 0.05) is 24.5 Å². The summed E-state index contributed by atoms with van der Waals surface area (Å²) in [5, 5.41) is 2.70. The van der Waals surface area contributed by atoms with E-state index in [1.807, 2.05) is 12.1 Å². The number of sulfonamides is 1. The van der Waals surface area contributed by atoms with Crippen molar-refractivity contribution in [1.82, 2.24) is 4.72 Å². The number of amides is 1. The number of ether oxygens (including phenoxy) is 1. The largest absolute Gasteiger partial charge is 0.416 e. The molecule has 1 unspecified atom stereocenters. The normalized spacial score (nSPS) is 15.8. The second-order valence-corrected chi connectivity index (χ2v) is 9.33. The third-order valence-electron chi connectivity index (χ3n) is 5.19. The molecule has 11 heteroatoms. The van der Waals surface area contributed by atoms with Crippen LogP contribution in [0.25, 0.3) is 0 Å². The van der Waals surface area contributed by atoms with Crippen LogP contribution in [0.1, 0.15) is 25.3 Å². The van der Waals surface area contributed by atoms with E-state index >= 15 is 0 Å². The number of hydrogen-bond donors (Lipinski definition) is 2. The zero-order valence-electron chi connectivity index (χ0n) is 18.1. The maximum absolute atomic E-state index is 12.8. The number of alkyl halides is 3. The highest BCUT2D eigenvalue weighted by atomic mass is 32.2. The molecule has 180 valence electrons. The lowest BCUT2D eigenvalue weighted by atomic mass is 10.1. The first-order chi connectivity index (χ1) is 15.6. The molecular weight excluding hydrogens is 459 g/mol. The van der Waals surface area contributed by atoms with Gasteiger partial charge in [0.1, 0.15) is 6.04 Å². The number of benzene rings is 2. The van der Waals surface area contributed by atoms with Gasteiger partial charge in [0.05, 0.1) is 23.7 Å². The van der Waals surface area contributed by atoms with Crippen molar-refractivity contribution in [1.29, 1.82) is 0 Å². The fourth-order valence-corrected chi connectivity index (χ4v) is 4.65.